The molecule has 0 bridgehead atoms. The van der Waals surface area contributed by atoms with E-state index in [4.69, 9.17) is 32.7 Å². The van der Waals surface area contributed by atoms with Gasteiger partial charge in [0.1, 0.15) is 12.6 Å². The second kappa shape index (κ2) is 14.6. The molecule has 0 spiro atoms. The normalized spacial score (nSPS) is 12.6. The summed E-state index contributed by atoms with van der Waals surface area (Å²) in [5.74, 6) is -0.466. The highest BCUT2D eigenvalue weighted by Gasteiger charge is 2.33. The smallest absolute Gasteiger partial charge is 0.264 e. The molecule has 0 aromatic heterocycles. The van der Waals surface area contributed by atoms with Crippen LogP contribution in [0.4, 0.5) is 5.69 Å². The molecule has 0 saturated heterocycles. The molecule has 42 heavy (non-hydrogen) atoms. The fourth-order valence-electron chi connectivity index (χ4n) is 4.13. The van der Waals surface area contributed by atoms with Crippen LogP contribution >= 0.6 is 23.2 Å². The Kier molecular flexibility index (Phi) is 11.5. The summed E-state index contributed by atoms with van der Waals surface area (Å²) in [6.07, 6.45) is 0.689. The van der Waals surface area contributed by atoms with E-state index in [1.54, 1.807) is 55.5 Å². The van der Waals surface area contributed by atoms with E-state index in [1.165, 1.54) is 37.3 Å². The monoisotopic (exact) mass is 635 g/mol. The van der Waals surface area contributed by atoms with Crippen molar-refractivity contribution in [2.75, 3.05) is 25.1 Å². The number of nitrogens with one attached hydrogen (secondary N) is 1. The molecule has 226 valence electrons. The first kappa shape index (κ1) is 33.0. The lowest BCUT2D eigenvalue weighted by atomic mass is 10.1. The minimum absolute atomic E-state index is 0.111. The van der Waals surface area contributed by atoms with E-state index in [9.17, 15) is 18.0 Å². The molecule has 2 atom stereocenters. The number of hydrogen-bond acceptors (Lipinski definition) is 6. The quantitative estimate of drug-likeness (QED) is 0.264. The van der Waals surface area contributed by atoms with Crippen molar-refractivity contribution in [3.63, 3.8) is 0 Å². The Balaban J connectivity index is 2.08. The molecule has 3 aromatic rings. The molecule has 0 radical (unpaired) electrons. The van der Waals surface area contributed by atoms with Crippen molar-refractivity contribution >= 4 is 50.7 Å². The van der Waals surface area contributed by atoms with Crippen LogP contribution in [0.2, 0.25) is 10.0 Å². The Bertz CT molecular complexity index is 1480. The molecule has 0 aliphatic carbocycles. The highest BCUT2D eigenvalue weighted by molar-refractivity contribution is 7.92. The summed E-state index contributed by atoms with van der Waals surface area (Å²) >= 11 is 12.9. The number of ether oxygens (including phenoxy) is 2. The minimum atomic E-state index is -4.30. The van der Waals surface area contributed by atoms with Crippen LogP contribution in [0.1, 0.15) is 32.8 Å². The minimum Gasteiger partial charge on any atom is -0.493 e. The molecular formula is C30H35Cl2N3O6S. The highest BCUT2D eigenvalue weighted by Crippen LogP contribution is 2.33. The zero-order valence-corrected chi connectivity index (χ0v) is 26.5. The standard InChI is InChI=1S/C30H35Cl2N3O6S/c1-6-20(2)33-30(37)21(3)34(18-24-25(31)13-10-14-26(24)32)29(36)19-35(22-11-8-7-9-12-22)42(38,39)23-15-16-27(40-4)28(17-23)41-5/h7-17,20-21H,6,18-19H2,1-5H3,(H,33,37)/t20-,21+/m1/s1. The summed E-state index contributed by atoms with van der Waals surface area (Å²) in [6.45, 7) is 4.64. The van der Waals surface area contributed by atoms with Gasteiger partial charge in [-0.25, -0.2) is 8.42 Å². The molecule has 0 fully saturated rings. The number of sulfonamides is 1. The molecule has 0 aliphatic heterocycles. The summed E-state index contributed by atoms with van der Waals surface area (Å²) in [6, 6.07) is 16.3. The Morgan fingerprint density at radius 1 is 0.905 bits per heavy atom. The molecule has 1 N–H and O–H groups in total. The number of nitrogens with zero attached hydrogens (tertiary/aromatic N) is 2. The van der Waals surface area contributed by atoms with Crippen molar-refractivity contribution in [2.45, 2.75) is 50.7 Å². The Morgan fingerprint density at radius 3 is 2.10 bits per heavy atom. The number of para-hydroxylation sites is 1. The van der Waals surface area contributed by atoms with E-state index in [-0.39, 0.29) is 28.9 Å². The van der Waals surface area contributed by atoms with E-state index < -0.39 is 34.4 Å². The van der Waals surface area contributed by atoms with Crippen LogP contribution in [-0.4, -0.2) is 58.0 Å². The maximum atomic E-state index is 14.1. The van der Waals surface area contributed by atoms with Gasteiger partial charge in [0.2, 0.25) is 11.8 Å². The largest absolute Gasteiger partial charge is 0.493 e. The lowest BCUT2D eigenvalue weighted by Crippen LogP contribution is -2.52. The fourth-order valence-corrected chi connectivity index (χ4v) is 6.08. The highest BCUT2D eigenvalue weighted by atomic mass is 35.5. The molecule has 9 nitrogen and oxygen atoms in total. The van der Waals surface area contributed by atoms with E-state index in [1.807, 2.05) is 13.8 Å². The fraction of sp³-hybridized carbons (Fsp3) is 0.333. The van der Waals surface area contributed by atoms with E-state index in [0.29, 0.717) is 27.8 Å². The molecule has 0 aliphatic rings. The van der Waals surface area contributed by atoms with Gasteiger partial charge < -0.3 is 19.7 Å². The maximum absolute atomic E-state index is 14.1. The third kappa shape index (κ3) is 7.67. The number of carbonyl (C=O) groups excluding carboxylic acids is 2. The van der Waals surface area contributed by atoms with Crippen molar-refractivity contribution < 1.29 is 27.5 Å². The predicted molar refractivity (Wildman–Crippen MR) is 165 cm³/mol. The second-order valence-electron chi connectivity index (χ2n) is 9.58. The van der Waals surface area contributed by atoms with Gasteiger partial charge in [-0.2, -0.15) is 0 Å². The van der Waals surface area contributed by atoms with Crippen molar-refractivity contribution in [1.82, 2.24) is 10.2 Å². The number of benzene rings is 3. The van der Waals surface area contributed by atoms with Crippen LogP contribution < -0.4 is 19.1 Å². The molecule has 2 amide bonds. The number of methoxy groups -OCH3 is 2. The van der Waals surface area contributed by atoms with Crippen LogP contribution in [0.5, 0.6) is 11.5 Å². The Labute approximate surface area is 257 Å². The first-order valence-corrected chi connectivity index (χ1v) is 15.5. The SMILES string of the molecule is CC[C@@H](C)NC(=O)[C@H](C)N(Cc1c(Cl)cccc1Cl)C(=O)CN(c1ccccc1)S(=O)(=O)c1ccc(OC)c(OC)c1. The lowest BCUT2D eigenvalue weighted by Gasteiger charge is -2.33. The van der Waals surface area contributed by atoms with Gasteiger partial charge in [-0.3, -0.25) is 13.9 Å². The number of hydrogen-bond donors (Lipinski definition) is 1. The number of halogens is 2. The number of carbonyl (C=O) groups is 2. The van der Waals surface area contributed by atoms with Crippen LogP contribution in [0.25, 0.3) is 0 Å². The van der Waals surface area contributed by atoms with Crippen molar-refractivity contribution in [3.05, 3.63) is 82.3 Å². The average molecular weight is 637 g/mol. The zero-order chi connectivity index (χ0) is 31.0. The van der Waals surface area contributed by atoms with Crippen LogP contribution in [0.15, 0.2) is 71.6 Å². The number of rotatable bonds is 13. The van der Waals surface area contributed by atoms with E-state index in [2.05, 4.69) is 5.32 Å². The third-order valence-electron chi connectivity index (χ3n) is 6.82. The van der Waals surface area contributed by atoms with E-state index in [0.717, 1.165) is 4.31 Å². The van der Waals surface area contributed by atoms with Gasteiger partial charge in [-0.05, 0) is 56.7 Å². The first-order valence-electron chi connectivity index (χ1n) is 13.3. The van der Waals surface area contributed by atoms with Gasteiger partial charge in [0, 0.05) is 34.3 Å². The molecule has 3 rings (SSSR count). The maximum Gasteiger partial charge on any atom is 0.264 e. The summed E-state index contributed by atoms with van der Waals surface area (Å²) in [7, 11) is -1.46. The van der Waals surface area contributed by atoms with Crippen molar-refractivity contribution in [3.8, 4) is 11.5 Å². The van der Waals surface area contributed by atoms with Gasteiger partial charge in [0.15, 0.2) is 11.5 Å². The predicted octanol–water partition coefficient (Wildman–Crippen LogP) is 5.54. The van der Waals surface area contributed by atoms with Gasteiger partial charge in [-0.1, -0.05) is 54.4 Å². The number of anilines is 1. The summed E-state index contributed by atoms with van der Waals surface area (Å²) in [4.78, 5) is 28.4. The molecule has 0 heterocycles. The van der Waals surface area contributed by atoms with Crippen molar-refractivity contribution in [2.24, 2.45) is 0 Å². The van der Waals surface area contributed by atoms with Crippen LogP contribution in [0, 0.1) is 0 Å². The summed E-state index contributed by atoms with van der Waals surface area (Å²) < 4.78 is 39.7. The average Bonchev–Trinajstić information content (AvgIpc) is 2.99. The molecule has 3 aromatic carbocycles. The first-order chi connectivity index (χ1) is 19.9. The zero-order valence-electron chi connectivity index (χ0n) is 24.1. The summed E-state index contributed by atoms with van der Waals surface area (Å²) in [5, 5.41) is 3.51. The van der Waals surface area contributed by atoms with Crippen LogP contribution in [0.3, 0.4) is 0 Å². The topological polar surface area (TPSA) is 105 Å². The molecular weight excluding hydrogens is 601 g/mol. The molecule has 0 saturated carbocycles. The third-order valence-corrected chi connectivity index (χ3v) is 9.30. The molecule has 0 unspecified atom stereocenters. The number of amides is 2. The Morgan fingerprint density at radius 2 is 1.52 bits per heavy atom. The second-order valence-corrected chi connectivity index (χ2v) is 12.3. The lowest BCUT2D eigenvalue weighted by molar-refractivity contribution is -0.139. The summed E-state index contributed by atoms with van der Waals surface area (Å²) in [5.41, 5.74) is 0.694. The molecule has 12 heteroatoms. The van der Waals surface area contributed by atoms with E-state index >= 15 is 0 Å². The van der Waals surface area contributed by atoms with Crippen LogP contribution in [-0.2, 0) is 26.2 Å². The van der Waals surface area contributed by atoms with Gasteiger partial charge in [0.05, 0.1) is 24.8 Å². The van der Waals surface area contributed by atoms with Gasteiger partial charge >= 0.3 is 0 Å². The van der Waals surface area contributed by atoms with Gasteiger partial charge in [-0.15, -0.1) is 0 Å². The van der Waals surface area contributed by atoms with Crippen molar-refractivity contribution in [1.29, 1.82) is 0 Å². The Hall–Kier alpha value is -3.47. The van der Waals surface area contributed by atoms with Gasteiger partial charge in [0.25, 0.3) is 10.0 Å².